The Labute approximate surface area is 183 Å². The van der Waals surface area contributed by atoms with Crippen LogP contribution in [0.25, 0.3) is 16.8 Å². The zero-order valence-electron chi connectivity index (χ0n) is 18.8. The van der Waals surface area contributed by atoms with Gasteiger partial charge in [-0.2, -0.15) is 5.10 Å². The molecule has 0 aliphatic rings. The average Bonchev–Trinajstić information content (AvgIpc) is 3.09. The van der Waals surface area contributed by atoms with Gasteiger partial charge in [0.1, 0.15) is 0 Å². The summed E-state index contributed by atoms with van der Waals surface area (Å²) in [5.41, 5.74) is 9.75. The molecule has 31 heavy (non-hydrogen) atoms. The monoisotopic (exact) mass is 412 g/mol. The van der Waals surface area contributed by atoms with E-state index in [2.05, 4.69) is 30.4 Å². The summed E-state index contributed by atoms with van der Waals surface area (Å²) in [5, 5.41) is 7.87. The third-order valence-corrected chi connectivity index (χ3v) is 5.91. The number of nitrogens with zero attached hydrogens (tertiary/aromatic N) is 3. The molecule has 2 aromatic carbocycles. The largest absolute Gasteiger partial charge is 0.325 e. The molecule has 0 aliphatic heterocycles. The van der Waals surface area contributed by atoms with E-state index in [4.69, 9.17) is 10.1 Å². The first-order chi connectivity index (χ1) is 14.9. The molecule has 158 valence electrons. The molecule has 2 heterocycles. The van der Waals surface area contributed by atoms with Crippen molar-refractivity contribution in [2.45, 2.75) is 47.5 Å². The molecule has 1 N–H and O–H groups in total. The van der Waals surface area contributed by atoms with Gasteiger partial charge in [-0.05, 0) is 50.8 Å². The quantitative estimate of drug-likeness (QED) is 0.479. The molecule has 0 radical (unpaired) electrons. The Morgan fingerprint density at radius 3 is 2.42 bits per heavy atom. The van der Waals surface area contributed by atoms with Crippen LogP contribution in [0, 0.1) is 27.7 Å². The maximum Gasteiger partial charge on any atom is 0.228 e. The molecule has 4 rings (SSSR count). The topological polar surface area (TPSA) is 59.3 Å². The van der Waals surface area contributed by atoms with Gasteiger partial charge in [-0.1, -0.05) is 55.5 Å². The fourth-order valence-electron chi connectivity index (χ4n) is 4.21. The predicted molar refractivity (Wildman–Crippen MR) is 126 cm³/mol. The minimum absolute atomic E-state index is 0.0384. The highest BCUT2D eigenvalue weighted by atomic mass is 16.1. The Kier molecular flexibility index (Phi) is 5.59. The molecular weight excluding hydrogens is 384 g/mol. The Hall–Kier alpha value is -3.47. The van der Waals surface area contributed by atoms with Gasteiger partial charge in [0.05, 0.1) is 12.1 Å². The van der Waals surface area contributed by atoms with E-state index < -0.39 is 0 Å². The van der Waals surface area contributed by atoms with Crippen molar-refractivity contribution in [1.29, 1.82) is 0 Å². The van der Waals surface area contributed by atoms with E-state index in [1.807, 2.05) is 62.5 Å². The molecule has 0 saturated carbocycles. The molecule has 0 spiro atoms. The molecule has 0 unspecified atom stereocenters. The number of benzene rings is 2. The van der Waals surface area contributed by atoms with Crippen LogP contribution >= 0.6 is 0 Å². The van der Waals surface area contributed by atoms with Crippen LogP contribution < -0.4 is 5.32 Å². The summed E-state index contributed by atoms with van der Waals surface area (Å²) >= 11 is 0. The van der Waals surface area contributed by atoms with Crippen LogP contribution in [0.5, 0.6) is 0 Å². The Bertz CT molecular complexity index is 1270. The van der Waals surface area contributed by atoms with Gasteiger partial charge >= 0.3 is 0 Å². The predicted octanol–water partition coefficient (Wildman–Crippen LogP) is 5.37. The fourth-order valence-corrected chi connectivity index (χ4v) is 4.21. The van der Waals surface area contributed by atoms with Crippen LogP contribution in [0.1, 0.15) is 40.7 Å². The molecule has 4 aromatic rings. The smallest absolute Gasteiger partial charge is 0.228 e. The lowest BCUT2D eigenvalue weighted by Crippen LogP contribution is -2.19. The van der Waals surface area contributed by atoms with Gasteiger partial charge in [0.2, 0.25) is 5.91 Å². The van der Waals surface area contributed by atoms with Gasteiger partial charge in [-0.3, -0.25) is 4.79 Å². The summed E-state index contributed by atoms with van der Waals surface area (Å²) in [5.74, 6) is -0.0384. The number of anilines is 1. The van der Waals surface area contributed by atoms with Crippen LogP contribution in [0.2, 0.25) is 0 Å². The van der Waals surface area contributed by atoms with Crippen molar-refractivity contribution >= 4 is 17.2 Å². The first-order valence-electron chi connectivity index (χ1n) is 10.7. The second-order valence-electron chi connectivity index (χ2n) is 8.01. The number of aromatic nitrogens is 3. The molecule has 0 fully saturated rings. The van der Waals surface area contributed by atoms with Crippen LogP contribution in [0.15, 0.2) is 48.5 Å². The number of aryl methyl sites for hydroxylation is 5. The first kappa shape index (κ1) is 20.8. The van der Waals surface area contributed by atoms with E-state index in [0.29, 0.717) is 0 Å². The second kappa shape index (κ2) is 8.34. The molecule has 0 saturated heterocycles. The lowest BCUT2D eigenvalue weighted by Gasteiger charge is -2.15. The lowest BCUT2D eigenvalue weighted by atomic mass is 10.0. The second-order valence-corrected chi connectivity index (χ2v) is 8.01. The van der Waals surface area contributed by atoms with E-state index in [1.54, 1.807) is 0 Å². The highest BCUT2D eigenvalue weighted by Crippen LogP contribution is 2.29. The normalized spacial score (nSPS) is 11.1. The minimum Gasteiger partial charge on any atom is -0.325 e. The van der Waals surface area contributed by atoms with E-state index in [9.17, 15) is 4.79 Å². The highest BCUT2D eigenvalue weighted by molar-refractivity contribution is 5.94. The molecular formula is C26H28N4O. The van der Waals surface area contributed by atoms with Crippen molar-refractivity contribution in [3.63, 3.8) is 0 Å². The number of para-hydroxylation sites is 1. The Balaban J connectivity index is 1.70. The van der Waals surface area contributed by atoms with Crippen molar-refractivity contribution in [2.24, 2.45) is 0 Å². The van der Waals surface area contributed by atoms with Crippen LogP contribution in [-0.4, -0.2) is 20.5 Å². The third kappa shape index (κ3) is 3.83. The Morgan fingerprint density at radius 1 is 0.968 bits per heavy atom. The number of carbonyl (C=O) groups excluding carboxylic acids is 1. The van der Waals surface area contributed by atoms with Crippen molar-refractivity contribution in [1.82, 2.24) is 14.6 Å². The molecule has 0 atom stereocenters. The Morgan fingerprint density at radius 2 is 1.71 bits per heavy atom. The van der Waals surface area contributed by atoms with E-state index in [1.165, 1.54) is 0 Å². The summed E-state index contributed by atoms with van der Waals surface area (Å²) in [7, 11) is 0. The zero-order chi connectivity index (χ0) is 22.1. The van der Waals surface area contributed by atoms with Gasteiger partial charge in [0.25, 0.3) is 0 Å². The number of amides is 1. The lowest BCUT2D eigenvalue weighted by molar-refractivity contribution is -0.115. The number of fused-ring (bicyclic) bond motifs is 1. The third-order valence-electron chi connectivity index (χ3n) is 5.91. The number of carbonyl (C=O) groups is 1. The SMILES string of the molecule is CCc1cccc(C)c1NC(=O)Cc1c(C)nc2c(-c3ccccc3)c(C)nn2c1C. The summed E-state index contributed by atoms with van der Waals surface area (Å²) in [6, 6.07) is 16.3. The van der Waals surface area contributed by atoms with Crippen LogP contribution in [0.4, 0.5) is 5.69 Å². The number of hydrogen-bond donors (Lipinski definition) is 1. The van der Waals surface area contributed by atoms with E-state index >= 15 is 0 Å². The maximum absolute atomic E-state index is 13.0. The zero-order valence-corrected chi connectivity index (χ0v) is 18.8. The summed E-state index contributed by atoms with van der Waals surface area (Å²) in [6.07, 6.45) is 1.13. The summed E-state index contributed by atoms with van der Waals surface area (Å²) in [6.45, 7) is 10.1. The molecule has 5 heteroatoms. The van der Waals surface area contributed by atoms with Crippen molar-refractivity contribution in [3.05, 3.63) is 82.3 Å². The van der Waals surface area contributed by atoms with Gasteiger partial charge in [0.15, 0.2) is 5.65 Å². The molecule has 0 aliphatic carbocycles. The number of rotatable bonds is 5. The highest BCUT2D eigenvalue weighted by Gasteiger charge is 2.19. The van der Waals surface area contributed by atoms with Gasteiger partial charge < -0.3 is 5.32 Å². The van der Waals surface area contributed by atoms with Gasteiger partial charge in [-0.25, -0.2) is 9.50 Å². The molecule has 0 bridgehead atoms. The summed E-state index contributed by atoms with van der Waals surface area (Å²) in [4.78, 5) is 17.8. The maximum atomic E-state index is 13.0. The van der Waals surface area contributed by atoms with E-state index in [0.717, 1.165) is 62.7 Å². The standard InChI is InChI=1S/C26H28N4O/c1-6-20-14-10-11-16(2)25(20)28-23(31)15-22-17(3)27-26-24(21-12-8-7-9-13-21)18(4)29-30(26)19(22)5/h7-14H,6,15H2,1-5H3,(H,28,31). The molecule has 1 amide bonds. The minimum atomic E-state index is -0.0384. The van der Waals surface area contributed by atoms with Gasteiger partial charge in [0, 0.05) is 28.2 Å². The van der Waals surface area contributed by atoms with Crippen molar-refractivity contribution in [3.8, 4) is 11.1 Å². The average molecular weight is 413 g/mol. The van der Waals surface area contributed by atoms with E-state index in [-0.39, 0.29) is 12.3 Å². The summed E-state index contributed by atoms with van der Waals surface area (Å²) < 4.78 is 1.87. The van der Waals surface area contributed by atoms with Crippen molar-refractivity contribution in [2.75, 3.05) is 5.32 Å². The van der Waals surface area contributed by atoms with Crippen LogP contribution in [-0.2, 0) is 17.6 Å². The van der Waals surface area contributed by atoms with Crippen LogP contribution in [0.3, 0.4) is 0 Å². The van der Waals surface area contributed by atoms with Gasteiger partial charge in [-0.15, -0.1) is 0 Å². The van der Waals surface area contributed by atoms with Crippen molar-refractivity contribution < 1.29 is 4.79 Å². The molecule has 5 nitrogen and oxygen atoms in total. The molecule has 2 aromatic heterocycles. The number of nitrogens with one attached hydrogen (secondary N) is 1. The number of hydrogen-bond acceptors (Lipinski definition) is 3. The first-order valence-corrected chi connectivity index (χ1v) is 10.7. The fraction of sp³-hybridized carbons (Fsp3) is 0.269.